The van der Waals surface area contributed by atoms with Gasteiger partial charge in [-0.1, -0.05) is 12.2 Å². The van der Waals surface area contributed by atoms with Gasteiger partial charge in [0, 0.05) is 44.2 Å². The second-order valence-electron chi connectivity index (χ2n) is 4.64. The first-order valence-electron chi connectivity index (χ1n) is 6.70. The lowest BCUT2D eigenvalue weighted by Gasteiger charge is -2.35. The van der Waals surface area contributed by atoms with Crippen LogP contribution in [0.15, 0.2) is 36.4 Å². The number of thiol groups is 1. The lowest BCUT2D eigenvalue weighted by molar-refractivity contribution is 0.284. The first-order chi connectivity index (χ1) is 9.33. The second kappa shape index (κ2) is 7.46. The Morgan fingerprint density at radius 1 is 1.11 bits per heavy atom. The van der Waals surface area contributed by atoms with Crippen LogP contribution in [0.25, 0.3) is 0 Å². The van der Waals surface area contributed by atoms with Gasteiger partial charge in [-0.05, 0) is 24.3 Å². The Morgan fingerprint density at radius 2 is 1.79 bits per heavy atom. The maximum absolute atomic E-state index is 5.19. The van der Waals surface area contributed by atoms with Crippen LogP contribution in [0, 0.1) is 0 Å². The van der Waals surface area contributed by atoms with E-state index >= 15 is 0 Å². The molecule has 0 atom stereocenters. The molecular formula is C15H22N2OS. The number of anilines is 1. The molecule has 1 aliphatic rings. The number of hydrogen-bond donors (Lipinski definition) is 1. The summed E-state index contributed by atoms with van der Waals surface area (Å²) < 4.78 is 5.19. The van der Waals surface area contributed by atoms with Crippen LogP contribution in [0.2, 0.25) is 0 Å². The summed E-state index contributed by atoms with van der Waals surface area (Å²) in [4.78, 5) is 4.90. The average Bonchev–Trinajstić information content (AvgIpc) is 2.48. The average molecular weight is 278 g/mol. The largest absolute Gasteiger partial charge is 0.497 e. The molecule has 1 aromatic carbocycles. The maximum atomic E-state index is 5.19. The van der Waals surface area contributed by atoms with Crippen molar-refractivity contribution in [2.24, 2.45) is 0 Å². The van der Waals surface area contributed by atoms with Crippen molar-refractivity contribution in [1.82, 2.24) is 4.90 Å². The van der Waals surface area contributed by atoms with Crippen molar-refractivity contribution in [3.8, 4) is 5.75 Å². The Morgan fingerprint density at radius 3 is 2.37 bits per heavy atom. The van der Waals surface area contributed by atoms with Crippen LogP contribution < -0.4 is 9.64 Å². The summed E-state index contributed by atoms with van der Waals surface area (Å²) in [5.74, 6) is 1.74. The van der Waals surface area contributed by atoms with E-state index in [2.05, 4.69) is 46.7 Å². The molecule has 1 heterocycles. The quantitative estimate of drug-likeness (QED) is 0.657. The molecule has 3 nitrogen and oxygen atoms in total. The zero-order valence-electron chi connectivity index (χ0n) is 11.5. The SMILES string of the molecule is COc1ccc(N2CCN(CC=CCS)CC2)cc1. The normalized spacial score (nSPS) is 17.1. The van der Waals surface area contributed by atoms with Crippen molar-refractivity contribution in [3.05, 3.63) is 36.4 Å². The van der Waals surface area contributed by atoms with Crippen LogP contribution in [-0.2, 0) is 0 Å². The van der Waals surface area contributed by atoms with Crippen LogP contribution in [-0.4, -0.2) is 50.5 Å². The maximum Gasteiger partial charge on any atom is 0.119 e. The third-order valence-electron chi connectivity index (χ3n) is 3.45. The smallest absolute Gasteiger partial charge is 0.119 e. The van der Waals surface area contributed by atoms with Gasteiger partial charge in [-0.3, -0.25) is 4.90 Å². The predicted octanol–water partition coefficient (Wildman–Crippen LogP) is 2.30. The van der Waals surface area contributed by atoms with E-state index in [9.17, 15) is 0 Å². The molecule has 4 heteroatoms. The highest BCUT2D eigenvalue weighted by Crippen LogP contribution is 2.20. The number of hydrogen-bond acceptors (Lipinski definition) is 4. The van der Waals surface area contributed by atoms with Crippen LogP contribution >= 0.6 is 12.6 Å². The van der Waals surface area contributed by atoms with Crippen LogP contribution in [0.1, 0.15) is 0 Å². The van der Waals surface area contributed by atoms with Gasteiger partial charge >= 0.3 is 0 Å². The highest BCUT2D eigenvalue weighted by Gasteiger charge is 2.15. The molecule has 0 aliphatic carbocycles. The zero-order valence-corrected chi connectivity index (χ0v) is 12.4. The second-order valence-corrected chi connectivity index (χ2v) is 5.00. The van der Waals surface area contributed by atoms with E-state index in [4.69, 9.17) is 4.74 Å². The van der Waals surface area contributed by atoms with Gasteiger partial charge in [-0.15, -0.1) is 0 Å². The Bertz CT molecular complexity index is 397. The lowest BCUT2D eigenvalue weighted by atomic mass is 10.2. The van der Waals surface area contributed by atoms with Crippen molar-refractivity contribution in [2.75, 3.05) is 50.5 Å². The summed E-state index contributed by atoms with van der Waals surface area (Å²) in [6.45, 7) is 5.44. The summed E-state index contributed by atoms with van der Waals surface area (Å²) in [6.07, 6.45) is 4.31. The van der Waals surface area contributed by atoms with E-state index in [1.807, 2.05) is 12.1 Å². The number of benzene rings is 1. The molecule has 0 amide bonds. The third-order valence-corrected chi connectivity index (χ3v) is 3.66. The number of rotatable bonds is 5. The van der Waals surface area contributed by atoms with Gasteiger partial charge in [0.05, 0.1) is 7.11 Å². The molecule has 0 aromatic heterocycles. The van der Waals surface area contributed by atoms with Gasteiger partial charge < -0.3 is 9.64 Å². The van der Waals surface area contributed by atoms with Gasteiger partial charge in [0.25, 0.3) is 0 Å². The van der Waals surface area contributed by atoms with Crippen molar-refractivity contribution < 1.29 is 4.74 Å². The standard InChI is InChI=1S/C15H22N2OS/c1-18-15-6-4-14(5-7-15)17-11-9-16(10-12-17)8-2-3-13-19/h2-7,19H,8-13H2,1H3. The summed E-state index contributed by atoms with van der Waals surface area (Å²) >= 11 is 4.17. The van der Waals surface area contributed by atoms with E-state index in [-0.39, 0.29) is 0 Å². The Balaban J connectivity index is 1.83. The molecule has 0 unspecified atom stereocenters. The van der Waals surface area contributed by atoms with Gasteiger partial charge in [-0.2, -0.15) is 12.6 Å². The summed E-state index contributed by atoms with van der Waals surface area (Å²) in [7, 11) is 1.70. The minimum absolute atomic E-state index is 0.825. The van der Waals surface area contributed by atoms with E-state index in [0.717, 1.165) is 44.2 Å². The van der Waals surface area contributed by atoms with E-state index in [0.29, 0.717) is 0 Å². The molecule has 1 fully saturated rings. The number of methoxy groups -OCH3 is 1. The van der Waals surface area contributed by atoms with Crippen molar-refractivity contribution in [1.29, 1.82) is 0 Å². The van der Waals surface area contributed by atoms with Crippen LogP contribution in [0.4, 0.5) is 5.69 Å². The molecule has 0 radical (unpaired) electrons. The highest BCUT2D eigenvalue weighted by molar-refractivity contribution is 7.80. The Hall–Kier alpha value is -1.13. The predicted molar refractivity (Wildman–Crippen MR) is 84.6 cm³/mol. The molecule has 104 valence electrons. The van der Waals surface area contributed by atoms with Crippen molar-refractivity contribution in [3.63, 3.8) is 0 Å². The summed E-state index contributed by atoms with van der Waals surface area (Å²) in [6, 6.07) is 8.32. The first kappa shape index (κ1) is 14.3. The molecule has 1 saturated heterocycles. The minimum Gasteiger partial charge on any atom is -0.497 e. The Labute approximate surface area is 121 Å². The van der Waals surface area contributed by atoms with E-state index < -0.39 is 0 Å². The molecule has 1 aromatic rings. The number of nitrogens with zero attached hydrogens (tertiary/aromatic N) is 2. The zero-order chi connectivity index (χ0) is 13.5. The fourth-order valence-electron chi connectivity index (χ4n) is 2.28. The lowest BCUT2D eigenvalue weighted by Crippen LogP contribution is -2.46. The number of piperazine rings is 1. The molecular weight excluding hydrogens is 256 g/mol. The fourth-order valence-corrected chi connectivity index (χ4v) is 2.43. The first-order valence-corrected chi connectivity index (χ1v) is 7.34. The highest BCUT2D eigenvalue weighted by atomic mass is 32.1. The molecule has 0 N–H and O–H groups in total. The molecule has 0 spiro atoms. The third kappa shape index (κ3) is 4.18. The van der Waals surface area contributed by atoms with Gasteiger partial charge in [0.1, 0.15) is 5.75 Å². The molecule has 19 heavy (non-hydrogen) atoms. The summed E-state index contributed by atoms with van der Waals surface area (Å²) in [5, 5.41) is 0. The van der Waals surface area contributed by atoms with E-state index in [1.54, 1.807) is 7.11 Å². The number of ether oxygens (including phenoxy) is 1. The van der Waals surface area contributed by atoms with Gasteiger partial charge in [0.2, 0.25) is 0 Å². The molecule has 1 aliphatic heterocycles. The fraction of sp³-hybridized carbons (Fsp3) is 0.467. The van der Waals surface area contributed by atoms with Crippen molar-refractivity contribution >= 4 is 18.3 Å². The summed E-state index contributed by atoms with van der Waals surface area (Å²) in [5.41, 5.74) is 1.28. The van der Waals surface area contributed by atoms with Crippen LogP contribution in [0.5, 0.6) is 5.75 Å². The molecule has 2 rings (SSSR count). The van der Waals surface area contributed by atoms with Gasteiger partial charge in [0.15, 0.2) is 0 Å². The minimum atomic E-state index is 0.825. The topological polar surface area (TPSA) is 15.7 Å². The molecule has 0 saturated carbocycles. The Kier molecular flexibility index (Phi) is 5.61. The van der Waals surface area contributed by atoms with Crippen molar-refractivity contribution in [2.45, 2.75) is 0 Å². The molecule has 0 bridgehead atoms. The monoisotopic (exact) mass is 278 g/mol. The van der Waals surface area contributed by atoms with Gasteiger partial charge in [-0.25, -0.2) is 0 Å². The van der Waals surface area contributed by atoms with E-state index in [1.165, 1.54) is 5.69 Å². The van der Waals surface area contributed by atoms with Crippen LogP contribution in [0.3, 0.4) is 0 Å².